The predicted octanol–water partition coefficient (Wildman–Crippen LogP) is 4.30. The Labute approximate surface area is 134 Å². The molecule has 1 saturated carbocycles. The third kappa shape index (κ3) is 2.23. The van der Waals surface area contributed by atoms with Crippen LogP contribution in [-0.2, 0) is 5.41 Å². The van der Waals surface area contributed by atoms with E-state index in [4.69, 9.17) is 0 Å². The summed E-state index contributed by atoms with van der Waals surface area (Å²) in [5.74, 6) is 0.836. The number of fused-ring (bicyclic) bond motifs is 3. The second-order valence-corrected chi connectivity index (χ2v) is 8.39. The zero-order chi connectivity index (χ0) is 16.1. The highest BCUT2D eigenvalue weighted by atomic mass is 16.3. The lowest BCUT2D eigenvalue weighted by atomic mass is 9.49. The van der Waals surface area contributed by atoms with Gasteiger partial charge in [-0.3, -0.25) is 0 Å². The molecule has 1 fully saturated rings. The molecule has 3 rings (SSSR count). The molecule has 2 nitrogen and oxygen atoms in total. The highest BCUT2D eigenvalue weighted by Gasteiger charge is 2.53. The summed E-state index contributed by atoms with van der Waals surface area (Å²) in [6.45, 7) is 9.18. The molecule has 0 amide bonds. The van der Waals surface area contributed by atoms with Crippen molar-refractivity contribution in [1.29, 1.82) is 0 Å². The Hall–Kier alpha value is -0.860. The minimum atomic E-state index is -0.393. The first-order chi connectivity index (χ1) is 10.3. The van der Waals surface area contributed by atoms with Crippen molar-refractivity contribution < 1.29 is 10.2 Å². The van der Waals surface area contributed by atoms with E-state index < -0.39 is 6.10 Å². The molecular formula is C20H30O2. The second-order valence-electron chi connectivity index (χ2n) is 8.39. The molecule has 1 aromatic rings. The zero-order valence-electron chi connectivity index (χ0n) is 14.4. The van der Waals surface area contributed by atoms with Crippen LogP contribution in [0.5, 0.6) is 0 Å². The van der Waals surface area contributed by atoms with Crippen molar-refractivity contribution in [3.05, 3.63) is 34.9 Å². The fourth-order valence-electron chi connectivity index (χ4n) is 5.12. The molecule has 2 aliphatic rings. The fraction of sp³-hybridized carbons (Fsp3) is 0.700. The molecule has 2 N–H and O–H groups in total. The van der Waals surface area contributed by atoms with E-state index in [2.05, 4.69) is 45.9 Å². The molecule has 0 aliphatic heterocycles. The van der Waals surface area contributed by atoms with E-state index in [1.54, 1.807) is 0 Å². The summed E-state index contributed by atoms with van der Waals surface area (Å²) in [6, 6.07) is 6.70. The van der Waals surface area contributed by atoms with Gasteiger partial charge in [0.2, 0.25) is 0 Å². The lowest BCUT2D eigenvalue weighted by molar-refractivity contribution is -0.0462. The van der Waals surface area contributed by atoms with Crippen molar-refractivity contribution in [2.45, 2.75) is 70.8 Å². The van der Waals surface area contributed by atoms with E-state index >= 15 is 0 Å². The van der Waals surface area contributed by atoms with Crippen LogP contribution in [0.1, 0.15) is 82.1 Å². The molecule has 22 heavy (non-hydrogen) atoms. The molecule has 0 radical (unpaired) electrons. The second kappa shape index (κ2) is 5.35. The predicted molar refractivity (Wildman–Crippen MR) is 90.0 cm³/mol. The largest absolute Gasteiger partial charge is 0.396 e. The maximum Gasteiger partial charge on any atom is 0.0796 e. The quantitative estimate of drug-likeness (QED) is 0.855. The molecular weight excluding hydrogens is 272 g/mol. The van der Waals surface area contributed by atoms with E-state index in [0.29, 0.717) is 11.8 Å². The van der Waals surface area contributed by atoms with Crippen LogP contribution in [0.4, 0.5) is 0 Å². The first-order valence-corrected chi connectivity index (χ1v) is 8.75. The Balaban J connectivity index is 2.11. The van der Waals surface area contributed by atoms with Gasteiger partial charge in [0.15, 0.2) is 0 Å². The molecule has 0 saturated heterocycles. The zero-order valence-corrected chi connectivity index (χ0v) is 14.4. The lowest BCUT2D eigenvalue weighted by Crippen LogP contribution is -2.51. The first kappa shape index (κ1) is 16.0. The maximum absolute atomic E-state index is 10.8. The highest BCUT2D eigenvalue weighted by molar-refractivity contribution is 5.43. The van der Waals surface area contributed by atoms with Gasteiger partial charge in [0.1, 0.15) is 0 Å². The molecule has 0 unspecified atom stereocenters. The van der Waals surface area contributed by atoms with E-state index in [9.17, 15) is 10.2 Å². The summed E-state index contributed by atoms with van der Waals surface area (Å²) in [5, 5.41) is 20.7. The van der Waals surface area contributed by atoms with Crippen molar-refractivity contribution in [2.75, 3.05) is 6.61 Å². The topological polar surface area (TPSA) is 40.5 Å². The fourth-order valence-corrected chi connectivity index (χ4v) is 5.12. The van der Waals surface area contributed by atoms with Crippen LogP contribution in [-0.4, -0.2) is 16.8 Å². The monoisotopic (exact) mass is 302 g/mol. The maximum atomic E-state index is 10.8. The summed E-state index contributed by atoms with van der Waals surface area (Å²) in [6.07, 6.45) is 3.77. The van der Waals surface area contributed by atoms with Gasteiger partial charge < -0.3 is 10.2 Å². The third-order valence-corrected chi connectivity index (χ3v) is 6.59. The van der Waals surface area contributed by atoms with E-state index in [-0.39, 0.29) is 17.4 Å². The number of rotatable bonds is 2. The van der Waals surface area contributed by atoms with Crippen molar-refractivity contribution in [1.82, 2.24) is 0 Å². The summed E-state index contributed by atoms with van der Waals surface area (Å²) in [7, 11) is 0. The SMILES string of the molecule is CC(C)c1ccc2c(c1)[C@@H](O)C[C@H]1[C@](C)(CO)CCC[C@]21C. The Morgan fingerprint density at radius 2 is 1.95 bits per heavy atom. The van der Waals surface area contributed by atoms with E-state index in [0.717, 1.165) is 31.2 Å². The molecule has 0 spiro atoms. The number of aliphatic hydroxyl groups is 2. The first-order valence-electron chi connectivity index (χ1n) is 8.75. The van der Waals surface area contributed by atoms with Gasteiger partial charge in [-0.15, -0.1) is 0 Å². The smallest absolute Gasteiger partial charge is 0.0796 e. The van der Waals surface area contributed by atoms with Gasteiger partial charge in [0, 0.05) is 6.61 Å². The molecule has 1 aromatic carbocycles. The summed E-state index contributed by atoms with van der Waals surface area (Å²) >= 11 is 0. The van der Waals surface area contributed by atoms with Crippen LogP contribution in [0.2, 0.25) is 0 Å². The molecule has 0 heterocycles. The summed E-state index contributed by atoms with van der Waals surface area (Å²) in [4.78, 5) is 0. The standard InChI is InChI=1S/C20H30O2/c1-13(2)14-6-7-16-15(10-14)17(22)11-18-19(3,12-21)8-5-9-20(16,18)4/h6-7,10,13,17-18,21-22H,5,8-9,11-12H2,1-4H3/t17-,18-,19-,20+/m0/s1. The van der Waals surface area contributed by atoms with Crippen LogP contribution in [0.3, 0.4) is 0 Å². The Morgan fingerprint density at radius 3 is 2.59 bits per heavy atom. The average Bonchev–Trinajstić information content (AvgIpc) is 2.49. The summed E-state index contributed by atoms with van der Waals surface area (Å²) < 4.78 is 0. The Morgan fingerprint density at radius 1 is 1.23 bits per heavy atom. The van der Waals surface area contributed by atoms with Gasteiger partial charge in [-0.25, -0.2) is 0 Å². The molecule has 2 aliphatic carbocycles. The van der Waals surface area contributed by atoms with Crippen molar-refractivity contribution >= 4 is 0 Å². The molecule has 2 heteroatoms. The average molecular weight is 302 g/mol. The van der Waals surface area contributed by atoms with Crippen LogP contribution in [0.25, 0.3) is 0 Å². The van der Waals surface area contributed by atoms with Crippen LogP contribution >= 0.6 is 0 Å². The van der Waals surface area contributed by atoms with Crippen LogP contribution in [0, 0.1) is 11.3 Å². The number of benzene rings is 1. The number of aliphatic hydroxyl groups excluding tert-OH is 2. The number of hydrogen-bond donors (Lipinski definition) is 2. The van der Waals surface area contributed by atoms with E-state index in [1.807, 2.05) is 0 Å². The van der Waals surface area contributed by atoms with Crippen molar-refractivity contribution in [2.24, 2.45) is 11.3 Å². The van der Waals surface area contributed by atoms with Gasteiger partial charge in [0.25, 0.3) is 0 Å². The minimum absolute atomic E-state index is 0.0671. The van der Waals surface area contributed by atoms with Gasteiger partial charge in [-0.2, -0.15) is 0 Å². The molecule has 0 aromatic heterocycles. The van der Waals surface area contributed by atoms with Crippen molar-refractivity contribution in [3.63, 3.8) is 0 Å². The Bertz CT molecular complexity index is 565. The third-order valence-electron chi connectivity index (χ3n) is 6.59. The lowest BCUT2D eigenvalue weighted by Gasteiger charge is -2.56. The molecule has 4 atom stereocenters. The number of hydrogen-bond acceptors (Lipinski definition) is 2. The van der Waals surface area contributed by atoms with Crippen LogP contribution in [0.15, 0.2) is 18.2 Å². The van der Waals surface area contributed by atoms with Gasteiger partial charge in [0.05, 0.1) is 6.10 Å². The van der Waals surface area contributed by atoms with Gasteiger partial charge in [-0.1, -0.05) is 52.3 Å². The molecule has 122 valence electrons. The summed E-state index contributed by atoms with van der Waals surface area (Å²) in [5.41, 5.74) is 3.77. The normalized spacial score (nSPS) is 37.8. The van der Waals surface area contributed by atoms with Gasteiger partial charge >= 0.3 is 0 Å². The highest BCUT2D eigenvalue weighted by Crippen LogP contribution is 2.59. The minimum Gasteiger partial charge on any atom is -0.396 e. The van der Waals surface area contributed by atoms with Crippen molar-refractivity contribution in [3.8, 4) is 0 Å². The molecule has 0 bridgehead atoms. The van der Waals surface area contributed by atoms with Gasteiger partial charge in [-0.05, 0) is 58.6 Å². The van der Waals surface area contributed by atoms with E-state index in [1.165, 1.54) is 11.1 Å². The van der Waals surface area contributed by atoms with Crippen LogP contribution < -0.4 is 0 Å². The Kier molecular flexibility index (Phi) is 3.89.